The smallest absolute Gasteiger partial charge is 0.138 e. The van der Waals surface area contributed by atoms with Gasteiger partial charge in [-0.15, -0.1) is 0 Å². The maximum Gasteiger partial charge on any atom is 0.138 e. The van der Waals surface area contributed by atoms with Crippen LogP contribution in [0.2, 0.25) is 0 Å². The van der Waals surface area contributed by atoms with Crippen LogP contribution in [0.1, 0.15) is 19.3 Å². The number of rotatable bonds is 32. The summed E-state index contributed by atoms with van der Waals surface area (Å²) < 4.78 is 13.2. The van der Waals surface area contributed by atoms with Crippen LogP contribution in [0, 0.1) is 0 Å². The molecule has 0 aromatic carbocycles. The topological polar surface area (TPSA) is 138 Å². The van der Waals surface area contributed by atoms with Gasteiger partial charge in [0.1, 0.15) is 26.7 Å². The molecule has 444 valence electrons. The summed E-state index contributed by atoms with van der Waals surface area (Å²) >= 11 is 0. The minimum absolute atomic E-state index is 0. The monoisotopic (exact) mass is 1130 g/mol. The SMILES string of the molecule is C1OC1CC1CO1.CN(C)CN(C)C.CN(C)CN(CC(O)CC(O)CN(CN(C)C)CN(C)C)CN(C)C.C[N+](C)(C)CN(CC(O)CC(O)CN(C[N+](C)(C)C)C[N+](C)(C)C)C[N+](C)(C)C.[Cl-].[Cl-].[Cl-].[Cl-]. The Morgan fingerprint density at radius 3 is 0.667 bits per heavy atom. The summed E-state index contributed by atoms with van der Waals surface area (Å²) in [6.45, 7) is 11.8. The summed E-state index contributed by atoms with van der Waals surface area (Å²) in [6, 6.07) is 0. The van der Waals surface area contributed by atoms with Crippen LogP contribution in [0.15, 0.2) is 0 Å². The van der Waals surface area contributed by atoms with Gasteiger partial charge in [-0.3, -0.25) is 39.2 Å². The highest BCUT2D eigenvalue weighted by atomic mass is 35.5. The second-order valence-electron chi connectivity index (χ2n) is 25.6. The third kappa shape index (κ3) is 61.2. The lowest BCUT2D eigenvalue weighted by molar-refractivity contribution is -0.909. The Morgan fingerprint density at radius 2 is 0.528 bits per heavy atom. The third-order valence-corrected chi connectivity index (χ3v) is 9.29. The van der Waals surface area contributed by atoms with Crippen LogP contribution < -0.4 is 49.6 Å². The van der Waals surface area contributed by atoms with E-state index in [2.05, 4.69) is 162 Å². The number of hydrogen-bond donors (Lipinski definition) is 4. The van der Waals surface area contributed by atoms with Gasteiger partial charge in [0.25, 0.3) is 0 Å². The molecule has 0 amide bonds. The zero-order valence-electron chi connectivity index (χ0n) is 50.6. The molecule has 2 fully saturated rings. The fraction of sp³-hybridized carbons (Fsp3) is 1.00. The molecule has 2 heterocycles. The van der Waals surface area contributed by atoms with E-state index in [1.165, 1.54) is 0 Å². The van der Waals surface area contributed by atoms with E-state index in [4.69, 9.17) is 9.47 Å². The number of nitrogens with zero attached hydrogens (tertiary/aromatic N) is 14. The molecule has 0 radical (unpaired) electrons. The van der Waals surface area contributed by atoms with E-state index in [0.717, 1.165) is 97.6 Å². The van der Waals surface area contributed by atoms with Crippen molar-refractivity contribution in [2.45, 2.75) is 55.9 Å². The van der Waals surface area contributed by atoms with E-state index < -0.39 is 24.4 Å². The molecule has 24 heteroatoms. The molecule has 2 saturated heterocycles. The van der Waals surface area contributed by atoms with E-state index in [1.54, 1.807) is 0 Å². The largest absolute Gasteiger partial charge is 1.00 e. The Bertz CT molecular complexity index is 1100. The van der Waals surface area contributed by atoms with Crippen molar-refractivity contribution in [2.24, 2.45) is 0 Å². The molecule has 2 aliphatic rings. The van der Waals surface area contributed by atoms with Crippen LogP contribution in [0.25, 0.3) is 0 Å². The Hall–Kier alpha value is 0.360. The molecular weight excluding hydrogens is 1010 g/mol. The van der Waals surface area contributed by atoms with E-state index >= 15 is 0 Å². The highest BCUT2D eigenvalue weighted by Crippen LogP contribution is 2.23. The van der Waals surface area contributed by atoms with E-state index in [0.29, 0.717) is 51.2 Å². The zero-order valence-corrected chi connectivity index (χ0v) is 53.6. The average molecular weight is 1130 g/mol. The van der Waals surface area contributed by atoms with Gasteiger partial charge in [0.2, 0.25) is 0 Å². The fourth-order valence-electron chi connectivity index (χ4n) is 8.03. The Labute approximate surface area is 468 Å². The highest BCUT2D eigenvalue weighted by molar-refractivity contribution is 4.80. The quantitative estimate of drug-likeness (QED) is 0.0288. The van der Waals surface area contributed by atoms with Crippen molar-refractivity contribution in [3.8, 4) is 0 Å². The molecule has 72 heavy (non-hydrogen) atoms. The zero-order chi connectivity index (χ0) is 53.4. The molecule has 0 spiro atoms. The molecule has 0 aromatic rings. The molecular formula is C48H118Cl4N14O6. The van der Waals surface area contributed by atoms with Gasteiger partial charge < -0.3 is 97.5 Å². The van der Waals surface area contributed by atoms with Crippen molar-refractivity contribution in [1.29, 1.82) is 0 Å². The first kappa shape index (κ1) is 83.7. The summed E-state index contributed by atoms with van der Waals surface area (Å²) in [4.78, 5) is 21.5. The number of epoxide rings is 2. The summed E-state index contributed by atoms with van der Waals surface area (Å²) in [5.41, 5.74) is 0. The number of ether oxygens (including phenoxy) is 2. The molecule has 6 atom stereocenters. The van der Waals surface area contributed by atoms with Crippen molar-refractivity contribution in [3.63, 3.8) is 0 Å². The van der Waals surface area contributed by atoms with E-state index in [-0.39, 0.29) is 49.6 Å². The first-order chi connectivity index (χ1) is 30.7. The average Bonchev–Trinajstić information content (AvgIpc) is 3.98. The summed E-state index contributed by atoms with van der Waals surface area (Å²) in [7, 11) is 50.3. The molecule has 2 aliphatic heterocycles. The molecule has 0 aliphatic carbocycles. The van der Waals surface area contributed by atoms with Crippen LogP contribution in [0.3, 0.4) is 0 Å². The lowest BCUT2D eigenvalue weighted by atomic mass is 10.1. The van der Waals surface area contributed by atoms with Gasteiger partial charge in [0.15, 0.2) is 0 Å². The van der Waals surface area contributed by atoms with Gasteiger partial charge in [0, 0.05) is 52.1 Å². The van der Waals surface area contributed by atoms with Crippen LogP contribution in [-0.2, 0) is 9.47 Å². The summed E-state index contributed by atoms with van der Waals surface area (Å²) in [5, 5.41) is 42.3. The van der Waals surface area contributed by atoms with Gasteiger partial charge in [-0.25, -0.2) is 9.80 Å². The van der Waals surface area contributed by atoms with Crippen LogP contribution in [-0.4, -0.2) is 393 Å². The Morgan fingerprint density at radius 1 is 0.347 bits per heavy atom. The van der Waals surface area contributed by atoms with Crippen molar-refractivity contribution < 1.29 is 97.5 Å². The predicted molar refractivity (Wildman–Crippen MR) is 282 cm³/mol. The Kier molecular flexibility index (Phi) is 48.1. The van der Waals surface area contributed by atoms with Gasteiger partial charge in [-0.2, -0.15) is 0 Å². The number of aliphatic hydroxyl groups excluding tert-OH is 4. The standard InChI is InChI=1S/C21H54N6O2.C17H42N6O2.C5H14N2.C5H8O2.4ClH/c1-24(2,3)16-22(17-25(4,5)6)14-20(28)13-21(29)15-23(18-26(7,8)9)19-27(10,11)12;1-18(2)12-22(13-19(3)4)10-16(24)9-17(25)11-23(14-20(5)6)15-21(7)8;1-6(2)5-7(3)4;1(4-2-6-4)5-3-7-5;;;;/h20-21,28-29H,13-19H2,1-12H3;16-17,24-25H,9-15H2,1-8H3;5H2,1-4H3;4-5H,1-3H2;4*1H/q+4;;;;;;;/p-4. The third-order valence-electron chi connectivity index (χ3n) is 9.29. The van der Waals surface area contributed by atoms with Crippen molar-refractivity contribution in [2.75, 3.05) is 269 Å². The molecule has 6 unspecified atom stereocenters. The molecule has 2 rings (SSSR count). The van der Waals surface area contributed by atoms with Crippen LogP contribution >= 0.6 is 0 Å². The summed E-state index contributed by atoms with van der Waals surface area (Å²) in [6.07, 6.45) is 0.868. The van der Waals surface area contributed by atoms with Crippen molar-refractivity contribution in [1.82, 2.24) is 49.0 Å². The van der Waals surface area contributed by atoms with Crippen LogP contribution in [0.5, 0.6) is 0 Å². The highest BCUT2D eigenvalue weighted by Gasteiger charge is 2.33. The first-order valence-corrected chi connectivity index (χ1v) is 24.7. The van der Waals surface area contributed by atoms with Gasteiger partial charge in [-0.05, 0) is 84.6 Å². The lowest BCUT2D eigenvalue weighted by Crippen LogP contribution is -3.00. The predicted octanol–water partition coefficient (Wildman–Crippen LogP) is -13.6. The van der Waals surface area contributed by atoms with Crippen molar-refractivity contribution in [3.05, 3.63) is 0 Å². The van der Waals surface area contributed by atoms with Crippen LogP contribution in [0.4, 0.5) is 0 Å². The van der Waals surface area contributed by atoms with Gasteiger partial charge in [-0.1, -0.05) is 0 Å². The maximum atomic E-state index is 10.7. The van der Waals surface area contributed by atoms with Crippen molar-refractivity contribution >= 4 is 0 Å². The second-order valence-corrected chi connectivity index (χ2v) is 25.6. The molecule has 20 nitrogen and oxygen atoms in total. The number of aliphatic hydroxyl groups is 4. The second kappa shape index (κ2) is 41.4. The molecule has 4 N–H and O–H groups in total. The molecule has 0 saturated carbocycles. The van der Waals surface area contributed by atoms with Gasteiger partial charge in [0.05, 0.1) is 161 Å². The summed E-state index contributed by atoms with van der Waals surface area (Å²) in [5.74, 6) is 0. The number of halogens is 4. The number of quaternary nitrogens is 4. The van der Waals surface area contributed by atoms with E-state index in [1.807, 2.05) is 56.4 Å². The molecule has 0 aromatic heterocycles. The Balaban J connectivity index is -0.000000227. The minimum Gasteiger partial charge on any atom is -1.00 e. The normalized spacial score (nSPS) is 17.6. The van der Waals surface area contributed by atoms with Gasteiger partial charge >= 0.3 is 0 Å². The number of hydrogen-bond acceptors (Lipinski definition) is 16. The first-order valence-electron chi connectivity index (χ1n) is 24.7. The molecule has 0 bridgehead atoms. The minimum atomic E-state index is -0.546. The fourth-order valence-corrected chi connectivity index (χ4v) is 8.03. The van der Waals surface area contributed by atoms with E-state index in [9.17, 15) is 20.4 Å². The lowest BCUT2D eigenvalue weighted by Gasteiger charge is -2.38. The maximum absolute atomic E-state index is 10.7.